The summed E-state index contributed by atoms with van der Waals surface area (Å²) in [6, 6.07) is 15.6. The lowest BCUT2D eigenvalue weighted by atomic mass is 9.85. The summed E-state index contributed by atoms with van der Waals surface area (Å²) in [6.07, 6.45) is 0.230. The van der Waals surface area contributed by atoms with Gasteiger partial charge < -0.3 is 10.8 Å². The third-order valence-corrected chi connectivity index (χ3v) is 3.20. The quantitative estimate of drug-likeness (QED) is 0.634. The predicted octanol–water partition coefficient (Wildman–Crippen LogP) is 1.34. The van der Waals surface area contributed by atoms with Crippen molar-refractivity contribution < 1.29 is 14.7 Å². The number of benzene rings is 2. The molecule has 0 aliphatic heterocycles. The highest BCUT2D eigenvalue weighted by Gasteiger charge is 2.41. The molecule has 2 atom stereocenters. The summed E-state index contributed by atoms with van der Waals surface area (Å²) >= 11 is 0. The van der Waals surface area contributed by atoms with Crippen LogP contribution in [0.1, 0.15) is 17.2 Å². The maximum atomic E-state index is 12.4. The SMILES string of the molecule is NC(C(=O)C(O)(C=O)c1ccccc1)c1ccccc1. The van der Waals surface area contributed by atoms with Crippen molar-refractivity contribution in [3.63, 3.8) is 0 Å². The molecular formula is C16H15NO3. The van der Waals surface area contributed by atoms with E-state index in [1.807, 2.05) is 0 Å². The number of aldehydes is 1. The summed E-state index contributed by atoms with van der Waals surface area (Å²) in [6.45, 7) is 0. The van der Waals surface area contributed by atoms with Crippen LogP contribution in [0, 0.1) is 0 Å². The highest BCUT2D eigenvalue weighted by molar-refractivity contribution is 6.05. The Morgan fingerprint density at radius 1 is 1.05 bits per heavy atom. The topological polar surface area (TPSA) is 80.4 Å². The van der Waals surface area contributed by atoms with Crippen LogP contribution in [0.4, 0.5) is 0 Å². The van der Waals surface area contributed by atoms with E-state index in [4.69, 9.17) is 5.73 Å². The molecule has 4 heteroatoms. The van der Waals surface area contributed by atoms with Gasteiger partial charge in [-0.1, -0.05) is 60.7 Å². The van der Waals surface area contributed by atoms with Gasteiger partial charge in [0.05, 0.1) is 6.04 Å². The molecule has 0 amide bonds. The van der Waals surface area contributed by atoms with E-state index in [-0.39, 0.29) is 11.8 Å². The number of ketones is 1. The second-order valence-corrected chi connectivity index (χ2v) is 4.50. The van der Waals surface area contributed by atoms with E-state index >= 15 is 0 Å². The lowest BCUT2D eigenvalue weighted by molar-refractivity contribution is -0.146. The van der Waals surface area contributed by atoms with Gasteiger partial charge in [-0.15, -0.1) is 0 Å². The monoisotopic (exact) mass is 269 g/mol. The first-order valence-corrected chi connectivity index (χ1v) is 6.18. The molecule has 102 valence electrons. The molecule has 0 aliphatic carbocycles. The molecule has 0 aliphatic rings. The van der Waals surface area contributed by atoms with Gasteiger partial charge in [0.1, 0.15) is 0 Å². The molecule has 20 heavy (non-hydrogen) atoms. The summed E-state index contributed by atoms with van der Waals surface area (Å²) in [4.78, 5) is 23.7. The molecule has 0 fully saturated rings. The van der Waals surface area contributed by atoms with Crippen molar-refractivity contribution in [3.8, 4) is 0 Å². The highest BCUT2D eigenvalue weighted by Crippen LogP contribution is 2.26. The van der Waals surface area contributed by atoms with E-state index in [9.17, 15) is 14.7 Å². The van der Waals surface area contributed by atoms with Crippen LogP contribution in [-0.2, 0) is 15.2 Å². The summed E-state index contributed by atoms with van der Waals surface area (Å²) in [7, 11) is 0. The third kappa shape index (κ3) is 2.52. The number of nitrogens with two attached hydrogens (primary N) is 1. The van der Waals surface area contributed by atoms with Gasteiger partial charge in [0, 0.05) is 0 Å². The fourth-order valence-electron chi connectivity index (χ4n) is 2.01. The minimum atomic E-state index is -2.23. The van der Waals surface area contributed by atoms with Gasteiger partial charge in [0.2, 0.25) is 5.60 Å². The van der Waals surface area contributed by atoms with Crippen LogP contribution in [0.25, 0.3) is 0 Å². The molecule has 2 rings (SSSR count). The number of rotatable bonds is 5. The van der Waals surface area contributed by atoms with Crippen LogP contribution in [0.2, 0.25) is 0 Å². The Kier molecular flexibility index (Phi) is 4.08. The first-order chi connectivity index (χ1) is 9.59. The maximum absolute atomic E-state index is 12.4. The number of hydrogen-bond acceptors (Lipinski definition) is 4. The van der Waals surface area contributed by atoms with Gasteiger partial charge in [0.15, 0.2) is 12.1 Å². The minimum absolute atomic E-state index is 0.214. The zero-order chi connectivity index (χ0) is 14.6. The van der Waals surface area contributed by atoms with Crippen molar-refractivity contribution in [2.24, 2.45) is 5.73 Å². The lowest BCUT2D eigenvalue weighted by Crippen LogP contribution is -2.43. The van der Waals surface area contributed by atoms with Crippen LogP contribution >= 0.6 is 0 Å². The van der Waals surface area contributed by atoms with E-state index in [2.05, 4.69) is 0 Å². The van der Waals surface area contributed by atoms with Crippen molar-refractivity contribution >= 4 is 12.1 Å². The molecular weight excluding hydrogens is 254 g/mol. The van der Waals surface area contributed by atoms with Crippen molar-refractivity contribution in [3.05, 3.63) is 71.8 Å². The van der Waals surface area contributed by atoms with Gasteiger partial charge in [0.25, 0.3) is 0 Å². The van der Waals surface area contributed by atoms with Crippen LogP contribution < -0.4 is 5.73 Å². The summed E-state index contributed by atoms with van der Waals surface area (Å²) in [5.74, 6) is -0.745. The molecule has 0 heterocycles. The van der Waals surface area contributed by atoms with Gasteiger partial charge in [-0.3, -0.25) is 9.59 Å². The van der Waals surface area contributed by atoms with Crippen LogP contribution in [0.3, 0.4) is 0 Å². The summed E-state index contributed by atoms with van der Waals surface area (Å²) in [5, 5.41) is 10.4. The Balaban J connectivity index is 2.37. The van der Waals surface area contributed by atoms with E-state index in [1.165, 1.54) is 12.1 Å². The molecule has 0 saturated heterocycles. The Hall–Kier alpha value is -2.30. The molecule has 2 aromatic carbocycles. The third-order valence-electron chi connectivity index (χ3n) is 3.20. The Labute approximate surface area is 116 Å². The number of carbonyl (C=O) groups excluding carboxylic acids is 2. The van der Waals surface area contributed by atoms with Crippen molar-refractivity contribution in [2.45, 2.75) is 11.6 Å². The normalized spacial score (nSPS) is 15.1. The fraction of sp³-hybridized carbons (Fsp3) is 0.125. The molecule has 0 spiro atoms. The molecule has 0 radical (unpaired) electrons. The zero-order valence-corrected chi connectivity index (χ0v) is 10.8. The molecule has 2 aromatic rings. The maximum Gasteiger partial charge on any atom is 0.206 e. The average molecular weight is 269 g/mol. The number of carbonyl (C=O) groups is 2. The number of aliphatic hydroxyl groups is 1. The zero-order valence-electron chi connectivity index (χ0n) is 10.8. The number of Topliss-reactive ketones (excluding diaryl/α,β-unsaturated/α-hetero) is 1. The standard InChI is InChI=1S/C16H15NO3/c17-14(12-7-3-1-4-8-12)15(19)16(20,11-18)13-9-5-2-6-10-13/h1-11,14,20H,17H2. The van der Waals surface area contributed by atoms with Gasteiger partial charge in [-0.25, -0.2) is 0 Å². The van der Waals surface area contributed by atoms with Crippen molar-refractivity contribution in [1.29, 1.82) is 0 Å². The molecule has 4 nitrogen and oxygen atoms in total. The number of hydrogen-bond donors (Lipinski definition) is 2. The van der Waals surface area contributed by atoms with E-state index in [1.54, 1.807) is 48.5 Å². The van der Waals surface area contributed by atoms with Gasteiger partial charge >= 0.3 is 0 Å². The van der Waals surface area contributed by atoms with E-state index < -0.39 is 17.4 Å². The smallest absolute Gasteiger partial charge is 0.206 e. The van der Waals surface area contributed by atoms with Crippen LogP contribution in [0.15, 0.2) is 60.7 Å². The Morgan fingerprint density at radius 2 is 1.55 bits per heavy atom. The average Bonchev–Trinajstić information content (AvgIpc) is 2.54. The first kappa shape index (κ1) is 14.1. The van der Waals surface area contributed by atoms with Crippen LogP contribution in [-0.4, -0.2) is 17.2 Å². The molecule has 0 bridgehead atoms. The largest absolute Gasteiger partial charge is 0.371 e. The summed E-state index contributed by atoms with van der Waals surface area (Å²) in [5.41, 5.74) is 4.41. The molecule has 0 saturated carbocycles. The highest BCUT2D eigenvalue weighted by atomic mass is 16.3. The Bertz CT molecular complexity index is 598. The molecule has 2 unspecified atom stereocenters. The van der Waals surface area contributed by atoms with Crippen molar-refractivity contribution in [1.82, 2.24) is 0 Å². The molecule has 0 aromatic heterocycles. The second kappa shape index (κ2) is 5.77. The van der Waals surface area contributed by atoms with Crippen molar-refractivity contribution in [2.75, 3.05) is 0 Å². The minimum Gasteiger partial charge on any atom is -0.371 e. The van der Waals surface area contributed by atoms with Gasteiger partial charge in [-0.2, -0.15) is 0 Å². The fourth-order valence-corrected chi connectivity index (χ4v) is 2.01. The molecule has 3 N–H and O–H groups in total. The Morgan fingerprint density at radius 3 is 2.05 bits per heavy atom. The van der Waals surface area contributed by atoms with Crippen LogP contribution in [0.5, 0.6) is 0 Å². The van der Waals surface area contributed by atoms with E-state index in [0.29, 0.717) is 5.56 Å². The summed E-state index contributed by atoms with van der Waals surface area (Å²) < 4.78 is 0. The first-order valence-electron chi connectivity index (χ1n) is 6.18. The lowest BCUT2D eigenvalue weighted by Gasteiger charge is -2.24. The second-order valence-electron chi connectivity index (χ2n) is 4.50. The van der Waals surface area contributed by atoms with Gasteiger partial charge in [-0.05, 0) is 11.1 Å². The van der Waals surface area contributed by atoms with E-state index in [0.717, 1.165) is 0 Å². The predicted molar refractivity (Wildman–Crippen MR) is 74.8 cm³/mol.